The minimum absolute atomic E-state index is 0.290. The average Bonchev–Trinajstić information content (AvgIpc) is 2.56. The number of carbonyl (C=O) groups excluding carboxylic acids is 1. The van der Waals surface area contributed by atoms with Gasteiger partial charge in [0.1, 0.15) is 10.3 Å². The van der Waals surface area contributed by atoms with Crippen molar-refractivity contribution in [3.05, 3.63) is 34.7 Å². The van der Waals surface area contributed by atoms with Gasteiger partial charge >= 0.3 is 5.97 Å². The average molecular weight is 255 g/mol. The van der Waals surface area contributed by atoms with E-state index in [1.807, 2.05) is 24.4 Å². The first kappa shape index (κ1) is 9.21. The van der Waals surface area contributed by atoms with Crippen LogP contribution in [0.1, 0.15) is 10.5 Å². The standard InChI is InChI=1S/C9H7BrN2O2/c1-14-9(13)7-8(10)12-5-3-2-4-6(12)11-7/h2-5H,1H3. The molecular formula is C9H7BrN2O2. The zero-order valence-corrected chi connectivity index (χ0v) is 8.98. The second kappa shape index (κ2) is 3.42. The molecule has 0 unspecified atom stereocenters. The predicted molar refractivity (Wildman–Crippen MR) is 54.2 cm³/mol. The zero-order valence-electron chi connectivity index (χ0n) is 7.40. The van der Waals surface area contributed by atoms with Crippen LogP contribution in [0, 0.1) is 0 Å². The van der Waals surface area contributed by atoms with Crippen LogP contribution in [0.15, 0.2) is 29.0 Å². The van der Waals surface area contributed by atoms with Crippen molar-refractivity contribution < 1.29 is 9.53 Å². The molecule has 0 radical (unpaired) electrons. The summed E-state index contributed by atoms with van der Waals surface area (Å²) >= 11 is 3.29. The molecule has 0 saturated carbocycles. The number of methoxy groups -OCH3 is 1. The number of hydrogen-bond donors (Lipinski definition) is 0. The van der Waals surface area contributed by atoms with E-state index < -0.39 is 5.97 Å². The summed E-state index contributed by atoms with van der Waals surface area (Å²) in [5.41, 5.74) is 0.999. The fourth-order valence-electron chi connectivity index (χ4n) is 1.19. The second-order valence-electron chi connectivity index (χ2n) is 2.67. The SMILES string of the molecule is COC(=O)c1nc2ccccn2c1Br. The van der Waals surface area contributed by atoms with E-state index in [0.29, 0.717) is 15.9 Å². The summed E-state index contributed by atoms with van der Waals surface area (Å²) in [7, 11) is 1.33. The van der Waals surface area contributed by atoms with Crippen molar-refractivity contribution in [3.63, 3.8) is 0 Å². The van der Waals surface area contributed by atoms with Gasteiger partial charge in [-0.2, -0.15) is 0 Å². The van der Waals surface area contributed by atoms with Crippen molar-refractivity contribution in [3.8, 4) is 0 Å². The van der Waals surface area contributed by atoms with Crippen LogP contribution in [0.2, 0.25) is 0 Å². The summed E-state index contributed by atoms with van der Waals surface area (Å²) in [5, 5.41) is 0. The molecule has 2 aromatic heterocycles. The second-order valence-corrected chi connectivity index (χ2v) is 3.42. The fourth-order valence-corrected chi connectivity index (χ4v) is 1.74. The van der Waals surface area contributed by atoms with Crippen LogP contribution in [-0.4, -0.2) is 22.5 Å². The third kappa shape index (κ3) is 1.29. The molecule has 2 heterocycles. The largest absolute Gasteiger partial charge is 0.464 e. The number of ether oxygens (including phenoxy) is 1. The number of nitrogens with zero attached hydrogens (tertiary/aromatic N) is 2. The molecule has 0 bridgehead atoms. The summed E-state index contributed by atoms with van der Waals surface area (Å²) in [4.78, 5) is 15.4. The van der Waals surface area contributed by atoms with Crippen molar-refractivity contribution in [2.75, 3.05) is 7.11 Å². The maximum atomic E-state index is 11.3. The zero-order chi connectivity index (χ0) is 10.1. The van der Waals surface area contributed by atoms with E-state index >= 15 is 0 Å². The van der Waals surface area contributed by atoms with E-state index in [4.69, 9.17) is 0 Å². The molecule has 0 N–H and O–H groups in total. The topological polar surface area (TPSA) is 43.6 Å². The highest BCUT2D eigenvalue weighted by atomic mass is 79.9. The van der Waals surface area contributed by atoms with Gasteiger partial charge in [0.15, 0.2) is 5.69 Å². The Hall–Kier alpha value is -1.36. The molecule has 2 aromatic rings. The molecule has 0 aromatic carbocycles. The molecule has 0 aliphatic rings. The summed E-state index contributed by atoms with van der Waals surface area (Å²) in [6.45, 7) is 0. The number of pyridine rings is 1. The van der Waals surface area contributed by atoms with Gasteiger partial charge in [-0.3, -0.25) is 4.40 Å². The summed E-state index contributed by atoms with van der Waals surface area (Å²) in [5.74, 6) is -0.444. The molecule has 4 nitrogen and oxygen atoms in total. The number of halogens is 1. The molecular weight excluding hydrogens is 248 g/mol. The highest BCUT2D eigenvalue weighted by molar-refractivity contribution is 9.10. The number of esters is 1. The van der Waals surface area contributed by atoms with Gasteiger partial charge in [0, 0.05) is 6.20 Å². The Morgan fingerprint density at radius 2 is 2.36 bits per heavy atom. The van der Waals surface area contributed by atoms with Crippen LogP contribution in [0.25, 0.3) is 5.65 Å². The highest BCUT2D eigenvalue weighted by Gasteiger charge is 2.16. The first-order chi connectivity index (χ1) is 6.74. The van der Waals surface area contributed by atoms with Crippen molar-refractivity contribution in [2.24, 2.45) is 0 Å². The quantitative estimate of drug-likeness (QED) is 0.731. The van der Waals surface area contributed by atoms with Gasteiger partial charge in [0.25, 0.3) is 0 Å². The Morgan fingerprint density at radius 1 is 1.57 bits per heavy atom. The molecule has 0 amide bonds. The fraction of sp³-hybridized carbons (Fsp3) is 0.111. The number of carbonyl (C=O) groups is 1. The van der Waals surface area contributed by atoms with E-state index in [9.17, 15) is 4.79 Å². The van der Waals surface area contributed by atoms with Crippen LogP contribution in [0.3, 0.4) is 0 Å². The molecule has 0 spiro atoms. The van der Waals surface area contributed by atoms with Crippen molar-refractivity contribution in [1.29, 1.82) is 0 Å². The van der Waals surface area contributed by atoms with Crippen LogP contribution in [0.4, 0.5) is 0 Å². The van der Waals surface area contributed by atoms with E-state index in [0.717, 1.165) is 0 Å². The molecule has 0 saturated heterocycles. The molecule has 0 aliphatic heterocycles. The summed E-state index contributed by atoms with van der Waals surface area (Å²) in [6, 6.07) is 5.54. The number of rotatable bonds is 1. The minimum atomic E-state index is -0.444. The van der Waals surface area contributed by atoms with Crippen molar-refractivity contribution in [2.45, 2.75) is 0 Å². The van der Waals surface area contributed by atoms with Gasteiger partial charge in [0.05, 0.1) is 7.11 Å². The number of fused-ring (bicyclic) bond motifs is 1. The third-order valence-corrected chi connectivity index (χ3v) is 2.61. The van der Waals surface area contributed by atoms with Gasteiger partial charge in [-0.1, -0.05) is 6.07 Å². The third-order valence-electron chi connectivity index (χ3n) is 1.85. The maximum Gasteiger partial charge on any atom is 0.359 e. The Balaban J connectivity index is 2.68. The predicted octanol–water partition coefficient (Wildman–Crippen LogP) is 1.88. The molecule has 72 valence electrons. The number of imidazole rings is 1. The lowest BCUT2D eigenvalue weighted by atomic mass is 10.5. The van der Waals surface area contributed by atoms with Crippen LogP contribution >= 0.6 is 15.9 Å². The van der Waals surface area contributed by atoms with Gasteiger partial charge in [-0.05, 0) is 28.1 Å². The monoisotopic (exact) mass is 254 g/mol. The normalized spacial score (nSPS) is 10.4. The van der Waals surface area contributed by atoms with Gasteiger partial charge < -0.3 is 4.74 Å². The summed E-state index contributed by atoms with van der Waals surface area (Å²) in [6.07, 6.45) is 1.82. The number of aromatic nitrogens is 2. The molecule has 0 aliphatic carbocycles. The van der Waals surface area contributed by atoms with Crippen molar-refractivity contribution >= 4 is 27.5 Å². The molecule has 14 heavy (non-hydrogen) atoms. The smallest absolute Gasteiger partial charge is 0.359 e. The molecule has 2 rings (SSSR count). The highest BCUT2D eigenvalue weighted by Crippen LogP contribution is 2.19. The van der Waals surface area contributed by atoms with Gasteiger partial charge in [-0.25, -0.2) is 9.78 Å². The minimum Gasteiger partial charge on any atom is -0.464 e. The van der Waals surface area contributed by atoms with E-state index in [-0.39, 0.29) is 0 Å². The van der Waals surface area contributed by atoms with Crippen molar-refractivity contribution in [1.82, 2.24) is 9.38 Å². The molecule has 0 atom stereocenters. The van der Waals surface area contributed by atoms with Gasteiger partial charge in [0.2, 0.25) is 0 Å². The molecule has 0 fully saturated rings. The van der Waals surface area contributed by atoms with Crippen LogP contribution in [0.5, 0.6) is 0 Å². The van der Waals surface area contributed by atoms with Crippen LogP contribution in [-0.2, 0) is 4.74 Å². The Bertz CT molecular complexity index is 493. The first-order valence-electron chi connectivity index (χ1n) is 3.95. The lowest BCUT2D eigenvalue weighted by Crippen LogP contribution is -2.02. The summed E-state index contributed by atoms with van der Waals surface area (Å²) < 4.78 is 6.98. The Labute approximate surface area is 88.6 Å². The Kier molecular flexibility index (Phi) is 2.25. The van der Waals surface area contributed by atoms with E-state index in [2.05, 4.69) is 25.7 Å². The Morgan fingerprint density at radius 3 is 3.00 bits per heavy atom. The maximum absolute atomic E-state index is 11.3. The van der Waals surface area contributed by atoms with Crippen LogP contribution < -0.4 is 0 Å². The number of hydrogen-bond acceptors (Lipinski definition) is 3. The lowest BCUT2D eigenvalue weighted by Gasteiger charge is -1.94. The lowest BCUT2D eigenvalue weighted by molar-refractivity contribution is 0.0593. The van der Waals surface area contributed by atoms with E-state index in [1.165, 1.54) is 7.11 Å². The van der Waals surface area contributed by atoms with E-state index in [1.54, 1.807) is 4.40 Å². The van der Waals surface area contributed by atoms with Gasteiger partial charge in [-0.15, -0.1) is 0 Å². The first-order valence-corrected chi connectivity index (χ1v) is 4.74. The molecule has 5 heteroatoms.